The second kappa shape index (κ2) is 9.22. The third-order valence-electron chi connectivity index (χ3n) is 5.01. The summed E-state index contributed by atoms with van der Waals surface area (Å²) < 4.78 is 1.64. The molecule has 0 aliphatic heterocycles. The van der Waals surface area contributed by atoms with Crippen molar-refractivity contribution in [3.63, 3.8) is 0 Å². The predicted octanol–water partition coefficient (Wildman–Crippen LogP) is 3.17. The summed E-state index contributed by atoms with van der Waals surface area (Å²) in [6.45, 7) is 0.477. The maximum Gasteiger partial charge on any atom is 0.281 e. The van der Waals surface area contributed by atoms with Gasteiger partial charge in [-0.25, -0.2) is 15.0 Å². The van der Waals surface area contributed by atoms with Crippen LogP contribution in [0.2, 0.25) is 0 Å². The molecular weight excluding hydrogens is 376 g/mol. The van der Waals surface area contributed by atoms with E-state index in [4.69, 9.17) is 0 Å². The SMILES string of the molecule is O=C(CCc1nc2nccnc2c(=O)n1CCc1ccccc1)Cc1ccccc1. The molecule has 2 aromatic heterocycles. The van der Waals surface area contributed by atoms with Crippen molar-refractivity contribution < 1.29 is 4.79 Å². The van der Waals surface area contributed by atoms with Gasteiger partial charge in [0.15, 0.2) is 11.2 Å². The number of hydrogen-bond acceptors (Lipinski definition) is 5. The third-order valence-corrected chi connectivity index (χ3v) is 5.01. The number of Topliss-reactive ketones (excluding diaryl/α,β-unsaturated/α-hetero) is 1. The molecule has 0 amide bonds. The first-order valence-corrected chi connectivity index (χ1v) is 10.0. The zero-order chi connectivity index (χ0) is 20.8. The lowest BCUT2D eigenvalue weighted by Gasteiger charge is -2.13. The van der Waals surface area contributed by atoms with Crippen LogP contribution in [0, 0.1) is 0 Å². The van der Waals surface area contributed by atoms with Crippen molar-refractivity contribution in [1.82, 2.24) is 19.5 Å². The van der Waals surface area contributed by atoms with E-state index in [1.807, 2.05) is 60.7 Å². The Kier molecular flexibility index (Phi) is 6.03. The lowest BCUT2D eigenvalue weighted by atomic mass is 10.1. The van der Waals surface area contributed by atoms with Crippen molar-refractivity contribution in [2.24, 2.45) is 0 Å². The largest absolute Gasteiger partial charge is 0.299 e. The van der Waals surface area contributed by atoms with Crippen LogP contribution in [0.3, 0.4) is 0 Å². The van der Waals surface area contributed by atoms with Crippen molar-refractivity contribution in [1.29, 1.82) is 0 Å². The Hall–Kier alpha value is -3.67. The van der Waals surface area contributed by atoms with Crippen LogP contribution in [-0.2, 0) is 30.6 Å². The molecular formula is C24H22N4O2. The molecule has 6 nitrogen and oxygen atoms in total. The van der Waals surface area contributed by atoms with Gasteiger partial charge in [0, 0.05) is 38.2 Å². The van der Waals surface area contributed by atoms with Crippen molar-refractivity contribution in [3.8, 4) is 0 Å². The first-order chi connectivity index (χ1) is 14.7. The molecule has 0 aliphatic carbocycles. The molecule has 2 aromatic carbocycles. The van der Waals surface area contributed by atoms with Gasteiger partial charge in [-0.15, -0.1) is 0 Å². The Bertz CT molecular complexity index is 1200. The number of ketones is 1. The number of rotatable bonds is 8. The Morgan fingerprint density at radius 3 is 2.23 bits per heavy atom. The van der Waals surface area contributed by atoms with Crippen molar-refractivity contribution in [2.75, 3.05) is 0 Å². The van der Waals surface area contributed by atoms with E-state index in [0.717, 1.165) is 11.1 Å². The second-order valence-electron chi connectivity index (χ2n) is 7.15. The van der Waals surface area contributed by atoms with E-state index in [1.54, 1.807) is 4.57 Å². The number of hydrogen-bond donors (Lipinski definition) is 0. The molecule has 0 unspecified atom stereocenters. The van der Waals surface area contributed by atoms with E-state index in [0.29, 0.717) is 43.7 Å². The van der Waals surface area contributed by atoms with Crippen molar-refractivity contribution in [3.05, 3.63) is 100 Å². The zero-order valence-electron chi connectivity index (χ0n) is 16.6. The fourth-order valence-corrected chi connectivity index (χ4v) is 3.46. The molecule has 0 N–H and O–H groups in total. The highest BCUT2D eigenvalue weighted by molar-refractivity contribution is 5.81. The minimum atomic E-state index is -0.213. The smallest absolute Gasteiger partial charge is 0.281 e. The molecule has 4 rings (SSSR count). The fourth-order valence-electron chi connectivity index (χ4n) is 3.46. The lowest BCUT2D eigenvalue weighted by Crippen LogP contribution is -2.27. The normalized spacial score (nSPS) is 10.9. The summed E-state index contributed by atoms with van der Waals surface area (Å²) in [5.74, 6) is 0.689. The van der Waals surface area contributed by atoms with Gasteiger partial charge in [0.2, 0.25) is 0 Å². The highest BCUT2D eigenvalue weighted by Crippen LogP contribution is 2.09. The summed E-state index contributed by atoms with van der Waals surface area (Å²) in [5.41, 5.74) is 2.49. The molecule has 0 spiro atoms. The van der Waals surface area contributed by atoms with Gasteiger partial charge in [-0.05, 0) is 17.5 Å². The van der Waals surface area contributed by atoms with Crippen LogP contribution in [0.1, 0.15) is 23.4 Å². The van der Waals surface area contributed by atoms with E-state index in [1.165, 1.54) is 12.4 Å². The van der Waals surface area contributed by atoms with Crippen LogP contribution in [0.25, 0.3) is 11.2 Å². The molecule has 0 radical (unpaired) electrons. The topological polar surface area (TPSA) is 77.7 Å². The van der Waals surface area contributed by atoms with Crippen molar-refractivity contribution >= 4 is 16.9 Å². The average molecular weight is 398 g/mol. The summed E-state index contributed by atoms with van der Waals surface area (Å²) in [6, 6.07) is 19.6. The van der Waals surface area contributed by atoms with Gasteiger partial charge < -0.3 is 0 Å². The second-order valence-corrected chi connectivity index (χ2v) is 7.15. The fraction of sp³-hybridized carbons (Fsp3) is 0.208. The molecule has 30 heavy (non-hydrogen) atoms. The Labute approximate surface area is 174 Å². The average Bonchev–Trinajstić information content (AvgIpc) is 2.78. The van der Waals surface area contributed by atoms with E-state index < -0.39 is 0 Å². The number of aryl methyl sites for hydroxylation is 2. The number of aromatic nitrogens is 4. The lowest BCUT2D eigenvalue weighted by molar-refractivity contribution is -0.118. The maximum absolute atomic E-state index is 13.0. The molecule has 4 aromatic rings. The zero-order valence-corrected chi connectivity index (χ0v) is 16.6. The van der Waals surface area contributed by atoms with Crippen LogP contribution >= 0.6 is 0 Å². The standard InChI is InChI=1S/C24H22N4O2/c29-20(17-19-9-5-2-6-10-19)11-12-21-27-23-22(25-14-15-26-23)24(30)28(21)16-13-18-7-3-1-4-8-18/h1-10,14-15H,11-13,16-17H2. The number of nitrogens with zero attached hydrogens (tertiary/aromatic N) is 4. The quantitative estimate of drug-likeness (QED) is 0.456. The molecule has 0 fully saturated rings. The summed E-state index contributed by atoms with van der Waals surface area (Å²) >= 11 is 0. The van der Waals surface area contributed by atoms with Gasteiger partial charge in [-0.2, -0.15) is 0 Å². The molecule has 0 saturated heterocycles. The van der Waals surface area contributed by atoms with Crippen LogP contribution in [0.4, 0.5) is 0 Å². The van der Waals surface area contributed by atoms with Gasteiger partial charge >= 0.3 is 0 Å². The number of benzene rings is 2. The minimum absolute atomic E-state index is 0.115. The van der Waals surface area contributed by atoms with Crippen LogP contribution in [0.5, 0.6) is 0 Å². The molecule has 2 heterocycles. The van der Waals surface area contributed by atoms with E-state index in [2.05, 4.69) is 15.0 Å². The van der Waals surface area contributed by atoms with Gasteiger partial charge in [0.05, 0.1) is 0 Å². The van der Waals surface area contributed by atoms with Crippen molar-refractivity contribution in [2.45, 2.75) is 32.2 Å². The highest BCUT2D eigenvalue weighted by atomic mass is 16.1. The van der Waals surface area contributed by atoms with E-state index in [9.17, 15) is 9.59 Å². The Morgan fingerprint density at radius 1 is 0.833 bits per heavy atom. The van der Waals surface area contributed by atoms with Crippen LogP contribution < -0.4 is 5.56 Å². The van der Waals surface area contributed by atoms with Gasteiger partial charge in [0.25, 0.3) is 5.56 Å². The summed E-state index contributed by atoms with van der Waals surface area (Å²) in [5, 5.41) is 0. The first kappa shape index (κ1) is 19.6. The first-order valence-electron chi connectivity index (χ1n) is 10.0. The maximum atomic E-state index is 13.0. The third kappa shape index (κ3) is 4.66. The van der Waals surface area contributed by atoms with Gasteiger partial charge in [0.1, 0.15) is 11.6 Å². The molecule has 0 aliphatic rings. The summed E-state index contributed by atoms with van der Waals surface area (Å²) in [6.07, 6.45) is 4.80. The molecule has 0 atom stereocenters. The van der Waals surface area contributed by atoms with E-state index >= 15 is 0 Å². The monoisotopic (exact) mass is 398 g/mol. The highest BCUT2D eigenvalue weighted by Gasteiger charge is 2.14. The Morgan fingerprint density at radius 2 is 1.50 bits per heavy atom. The van der Waals surface area contributed by atoms with Crippen LogP contribution in [-0.4, -0.2) is 25.3 Å². The number of carbonyl (C=O) groups excluding carboxylic acids is 1. The summed E-state index contributed by atoms with van der Waals surface area (Å²) in [7, 11) is 0. The molecule has 0 bridgehead atoms. The molecule has 150 valence electrons. The van der Waals surface area contributed by atoms with Gasteiger partial charge in [-0.1, -0.05) is 60.7 Å². The Balaban J connectivity index is 1.57. The summed E-state index contributed by atoms with van der Waals surface area (Å²) in [4.78, 5) is 38.4. The number of fused-ring (bicyclic) bond motifs is 1. The van der Waals surface area contributed by atoms with Gasteiger partial charge in [-0.3, -0.25) is 14.2 Å². The predicted molar refractivity (Wildman–Crippen MR) is 115 cm³/mol. The molecule has 6 heteroatoms. The van der Waals surface area contributed by atoms with E-state index in [-0.39, 0.29) is 16.9 Å². The molecule has 0 saturated carbocycles. The van der Waals surface area contributed by atoms with Crippen LogP contribution in [0.15, 0.2) is 77.9 Å². The minimum Gasteiger partial charge on any atom is -0.299 e. The number of carbonyl (C=O) groups is 1.